The molecule has 0 aromatic heterocycles. The maximum Gasteiger partial charge on any atom is 0.343 e. The number of methoxy groups -OCH3 is 1. The molecule has 0 atom stereocenters. The highest BCUT2D eigenvalue weighted by molar-refractivity contribution is 6.42. The number of hydrogen-bond acceptors (Lipinski definition) is 6. The number of fused-ring (bicyclic) bond motifs is 1. The molecule has 0 radical (unpaired) electrons. The molecule has 144 valence electrons. The van der Waals surface area contributed by atoms with E-state index in [1.54, 1.807) is 0 Å². The summed E-state index contributed by atoms with van der Waals surface area (Å²) in [5.41, 5.74) is 0.519. The van der Waals surface area contributed by atoms with Gasteiger partial charge in [-0.2, -0.15) is 0 Å². The molecular weight excluding hydrogens is 369 g/mol. The topological polar surface area (TPSA) is 93.1 Å². The van der Waals surface area contributed by atoms with Gasteiger partial charge in [0.25, 0.3) is 5.91 Å². The fourth-order valence-electron chi connectivity index (χ4n) is 2.83. The van der Waals surface area contributed by atoms with Gasteiger partial charge in [0.15, 0.2) is 6.61 Å². The Bertz CT molecular complexity index is 996. The van der Waals surface area contributed by atoms with Crippen LogP contribution in [0.5, 0.6) is 5.75 Å². The van der Waals surface area contributed by atoms with E-state index >= 15 is 0 Å². The van der Waals surface area contributed by atoms with Crippen molar-refractivity contribution in [2.75, 3.05) is 18.6 Å². The predicted octanol–water partition coefficient (Wildman–Crippen LogP) is 2.70. The zero-order valence-electron chi connectivity index (χ0n) is 15.1. The number of amides is 2. The highest BCUT2D eigenvalue weighted by Crippen LogP contribution is 2.40. The Kier molecular flexibility index (Phi) is 5.12. The van der Waals surface area contributed by atoms with Gasteiger partial charge in [0, 0.05) is 18.1 Å². The van der Waals surface area contributed by atoms with Gasteiger partial charge < -0.3 is 14.6 Å². The third-order valence-electron chi connectivity index (χ3n) is 4.15. The summed E-state index contributed by atoms with van der Waals surface area (Å²) < 4.78 is 23.3. The van der Waals surface area contributed by atoms with Gasteiger partial charge in [-0.05, 0) is 42.5 Å². The lowest BCUT2D eigenvalue weighted by Crippen LogP contribution is -2.31. The Hall–Kier alpha value is -3.68. The Morgan fingerprint density at radius 2 is 1.82 bits per heavy atom. The van der Waals surface area contributed by atoms with Crippen LogP contribution in [-0.4, -0.2) is 36.6 Å². The highest BCUT2D eigenvalue weighted by Gasteiger charge is 2.38. The Balaban J connectivity index is 1.98. The summed E-state index contributed by atoms with van der Waals surface area (Å²) in [4.78, 5) is 36.5. The van der Waals surface area contributed by atoms with E-state index in [1.165, 1.54) is 44.4 Å². The number of aliphatic hydroxyl groups is 1. The third kappa shape index (κ3) is 3.44. The molecule has 0 saturated carbocycles. The summed E-state index contributed by atoms with van der Waals surface area (Å²) in [6.07, 6.45) is 0. The van der Waals surface area contributed by atoms with E-state index in [1.807, 2.05) is 0 Å². The molecule has 0 fully saturated rings. The Morgan fingerprint density at radius 3 is 2.43 bits per heavy atom. The van der Waals surface area contributed by atoms with Crippen molar-refractivity contribution in [2.45, 2.75) is 6.92 Å². The monoisotopic (exact) mass is 385 g/mol. The smallest absolute Gasteiger partial charge is 0.343 e. The highest BCUT2D eigenvalue weighted by atomic mass is 19.1. The van der Waals surface area contributed by atoms with Crippen molar-refractivity contribution in [3.63, 3.8) is 0 Å². The predicted molar refractivity (Wildman–Crippen MR) is 98.0 cm³/mol. The summed E-state index contributed by atoms with van der Waals surface area (Å²) in [7, 11) is 1.24. The minimum Gasteiger partial charge on any atom is -0.506 e. The zero-order chi connectivity index (χ0) is 20.4. The molecule has 0 saturated heterocycles. The average Bonchev–Trinajstić information content (AvgIpc) is 2.96. The normalized spacial score (nSPS) is 14.5. The molecule has 1 aliphatic heterocycles. The Labute approximate surface area is 159 Å². The first-order valence-corrected chi connectivity index (χ1v) is 8.21. The van der Waals surface area contributed by atoms with Crippen LogP contribution in [0.2, 0.25) is 0 Å². The van der Waals surface area contributed by atoms with E-state index in [0.29, 0.717) is 5.75 Å². The van der Waals surface area contributed by atoms with Gasteiger partial charge in [-0.25, -0.2) is 14.1 Å². The summed E-state index contributed by atoms with van der Waals surface area (Å²) >= 11 is 0. The number of aliphatic hydroxyl groups excluding tert-OH is 1. The molecule has 7 nitrogen and oxygen atoms in total. The molecule has 2 aromatic rings. The average molecular weight is 385 g/mol. The minimum absolute atomic E-state index is 0.0806. The van der Waals surface area contributed by atoms with Gasteiger partial charge in [0.1, 0.15) is 17.3 Å². The van der Waals surface area contributed by atoms with Crippen molar-refractivity contribution in [3.8, 4) is 5.75 Å². The molecule has 1 N–H and O–H groups in total. The number of ether oxygens (including phenoxy) is 2. The third-order valence-corrected chi connectivity index (χ3v) is 4.15. The number of carbonyl (C=O) groups excluding carboxylic acids is 3. The van der Waals surface area contributed by atoms with Crippen LogP contribution in [0.4, 0.5) is 10.1 Å². The van der Waals surface area contributed by atoms with Gasteiger partial charge in [-0.15, -0.1) is 0 Å². The number of nitrogens with zero attached hydrogens (tertiary/aromatic N) is 1. The largest absolute Gasteiger partial charge is 0.506 e. The van der Waals surface area contributed by atoms with Crippen molar-refractivity contribution in [2.24, 2.45) is 0 Å². The van der Waals surface area contributed by atoms with Crippen LogP contribution >= 0.6 is 0 Å². The van der Waals surface area contributed by atoms with Crippen LogP contribution in [0.3, 0.4) is 0 Å². The second-order valence-electron chi connectivity index (χ2n) is 5.93. The molecule has 0 spiro atoms. The number of carbonyl (C=O) groups is 3. The second-order valence-corrected chi connectivity index (χ2v) is 5.93. The van der Waals surface area contributed by atoms with E-state index in [-0.39, 0.29) is 34.8 Å². The number of imide groups is 1. The summed E-state index contributed by atoms with van der Waals surface area (Å²) in [5.74, 6) is -2.48. The lowest BCUT2D eigenvalue weighted by Gasteiger charge is -2.12. The lowest BCUT2D eigenvalue weighted by atomic mass is 10.0. The Morgan fingerprint density at radius 1 is 1.14 bits per heavy atom. The second kappa shape index (κ2) is 7.51. The van der Waals surface area contributed by atoms with Gasteiger partial charge in [0.05, 0.1) is 18.4 Å². The number of halogens is 1. The molecule has 1 aliphatic rings. The number of anilines is 1. The molecule has 0 bridgehead atoms. The molecule has 3 rings (SSSR count). The number of hydrogen-bond donors (Lipinski definition) is 1. The van der Waals surface area contributed by atoms with Crippen LogP contribution in [0.1, 0.15) is 18.1 Å². The van der Waals surface area contributed by atoms with Gasteiger partial charge >= 0.3 is 5.97 Å². The summed E-state index contributed by atoms with van der Waals surface area (Å²) in [6, 6.07) is 9.53. The first-order chi connectivity index (χ1) is 13.3. The maximum atomic E-state index is 13.6. The first-order valence-electron chi connectivity index (χ1n) is 8.21. The van der Waals surface area contributed by atoms with E-state index < -0.39 is 23.6 Å². The van der Waals surface area contributed by atoms with E-state index in [4.69, 9.17) is 4.74 Å². The van der Waals surface area contributed by atoms with E-state index in [9.17, 15) is 23.9 Å². The van der Waals surface area contributed by atoms with E-state index in [2.05, 4.69) is 4.74 Å². The summed E-state index contributed by atoms with van der Waals surface area (Å²) in [5, 5.41) is 10.7. The van der Waals surface area contributed by atoms with Crippen LogP contribution in [-0.2, 0) is 19.1 Å². The SMILES string of the molecule is COC(=O)COc1ccc(C(O)=C2C(=O)N(C(C)=O)c3cc(F)ccc32)cc1. The molecule has 1 heterocycles. The summed E-state index contributed by atoms with van der Waals surface area (Å²) in [6.45, 7) is 0.911. The van der Waals surface area contributed by atoms with Crippen LogP contribution in [0.25, 0.3) is 11.3 Å². The quantitative estimate of drug-likeness (QED) is 0.494. The number of benzene rings is 2. The zero-order valence-corrected chi connectivity index (χ0v) is 15.1. The molecule has 2 amide bonds. The van der Waals surface area contributed by atoms with E-state index in [0.717, 1.165) is 17.0 Å². The van der Waals surface area contributed by atoms with Crippen LogP contribution in [0, 0.1) is 5.82 Å². The van der Waals surface area contributed by atoms with Gasteiger partial charge in [-0.3, -0.25) is 9.59 Å². The van der Waals surface area contributed by atoms with Crippen molar-refractivity contribution >= 4 is 34.8 Å². The molecule has 0 unspecified atom stereocenters. The number of esters is 1. The molecular formula is C20H16FNO6. The molecule has 0 aliphatic carbocycles. The maximum absolute atomic E-state index is 13.6. The van der Waals surface area contributed by atoms with Gasteiger partial charge in [0.2, 0.25) is 5.91 Å². The lowest BCUT2D eigenvalue weighted by molar-refractivity contribution is -0.143. The standard InChI is InChI=1S/C20H16FNO6/c1-11(23)22-16-9-13(21)5-8-15(16)18(20(22)26)19(25)12-3-6-14(7-4-12)28-10-17(24)27-2/h3-9,25H,10H2,1-2H3. The van der Waals surface area contributed by atoms with Crippen molar-refractivity contribution in [1.29, 1.82) is 0 Å². The van der Waals surface area contributed by atoms with Crippen molar-refractivity contribution < 1.29 is 33.4 Å². The molecule has 28 heavy (non-hydrogen) atoms. The minimum atomic E-state index is -0.739. The van der Waals surface area contributed by atoms with Gasteiger partial charge in [-0.1, -0.05) is 0 Å². The number of rotatable bonds is 4. The fourth-order valence-corrected chi connectivity index (χ4v) is 2.83. The van der Waals surface area contributed by atoms with Crippen molar-refractivity contribution in [3.05, 3.63) is 59.4 Å². The van der Waals surface area contributed by atoms with Crippen LogP contribution in [0.15, 0.2) is 42.5 Å². The van der Waals surface area contributed by atoms with Crippen LogP contribution < -0.4 is 9.64 Å². The van der Waals surface area contributed by atoms with Crippen molar-refractivity contribution in [1.82, 2.24) is 0 Å². The first kappa shape index (κ1) is 19.1. The molecule has 2 aromatic carbocycles. The molecule has 8 heteroatoms. The fraction of sp³-hybridized carbons (Fsp3) is 0.150.